The van der Waals surface area contributed by atoms with Crippen LogP contribution in [-0.2, 0) is 49.3 Å². The van der Waals surface area contributed by atoms with Gasteiger partial charge in [0.1, 0.15) is 48.7 Å². The van der Waals surface area contributed by atoms with E-state index in [0.717, 1.165) is 0 Å². The van der Waals surface area contributed by atoms with E-state index in [1.165, 1.54) is 0 Å². The van der Waals surface area contributed by atoms with Crippen molar-refractivity contribution in [2.24, 2.45) is 0 Å². The maximum Gasteiger partial charge on any atom is 0.320 e. The average molecular weight is 862 g/mol. The van der Waals surface area contributed by atoms with E-state index in [4.69, 9.17) is 10.2 Å². The van der Waals surface area contributed by atoms with Crippen LogP contribution < -0.4 is 10.6 Å². The molecule has 57 heavy (non-hydrogen) atoms. The van der Waals surface area contributed by atoms with Crippen molar-refractivity contribution in [1.82, 2.24) is 30.3 Å². The number of carbonyl (C=O) groups excluding carboxylic acids is 2. The van der Waals surface area contributed by atoms with Crippen molar-refractivity contribution in [3.05, 3.63) is 29.6 Å². The maximum absolute atomic E-state index is 12.6. The molecule has 1 aliphatic rings. The van der Waals surface area contributed by atoms with Crippen molar-refractivity contribution >= 4 is 23.8 Å². The Morgan fingerprint density at radius 3 is 1.32 bits per heavy atom. The van der Waals surface area contributed by atoms with Gasteiger partial charge in [-0.2, -0.15) is 0 Å². The Bertz CT molecular complexity index is 1290. The van der Waals surface area contributed by atoms with Gasteiger partial charge in [0.2, 0.25) is 11.8 Å². The number of rotatable bonds is 22. The van der Waals surface area contributed by atoms with Crippen molar-refractivity contribution < 1.29 is 97.5 Å². The first-order chi connectivity index (χ1) is 26.4. The molecule has 0 aromatic carbocycles. The summed E-state index contributed by atoms with van der Waals surface area (Å²) in [6.07, 6.45) is -15.2. The SMILES string of the molecule is CN1CCN([C@@H](CCC(=O)NC[C@H](O)[C@@H](O)[C@H](O)[C@H](O)CO)C(=O)O)Cc2cccc(n2)CN([C@@H](CCC(=O)NC[C@H](O)[C@@H](O)[C@H](O)[C@H](O)CO)C(=O)O)CC1.[Mn]. The van der Waals surface area contributed by atoms with Crippen molar-refractivity contribution in [3.63, 3.8) is 0 Å². The number of aromatic nitrogens is 1. The third-order valence-electron chi connectivity index (χ3n) is 9.54. The Morgan fingerprint density at radius 1 is 0.632 bits per heavy atom. The normalized spacial score (nSPS) is 20.1. The molecule has 2 rings (SSSR count). The number of hydrogen-bond donors (Lipinski definition) is 14. The molecule has 1 radical (unpaired) electrons. The Labute approximate surface area is 339 Å². The largest absolute Gasteiger partial charge is 0.480 e. The van der Waals surface area contributed by atoms with Crippen molar-refractivity contribution in [2.75, 3.05) is 59.5 Å². The van der Waals surface area contributed by atoms with Gasteiger partial charge in [0.05, 0.1) is 36.8 Å². The molecule has 23 heteroatoms. The van der Waals surface area contributed by atoms with Gasteiger partial charge in [0.15, 0.2) is 0 Å². The molecule has 0 aliphatic carbocycles. The van der Waals surface area contributed by atoms with E-state index in [2.05, 4.69) is 15.6 Å². The van der Waals surface area contributed by atoms with Crippen LogP contribution in [0.25, 0.3) is 0 Å². The van der Waals surface area contributed by atoms with E-state index in [-0.39, 0.29) is 68.9 Å². The van der Waals surface area contributed by atoms with Crippen molar-refractivity contribution in [2.45, 2.75) is 99.7 Å². The first kappa shape index (κ1) is 52.0. The number of aliphatic hydroxyl groups is 10. The number of carbonyl (C=O) groups is 4. The second-order valence-corrected chi connectivity index (χ2v) is 13.9. The van der Waals surface area contributed by atoms with Crippen LogP contribution in [0.5, 0.6) is 0 Å². The molecule has 1 aromatic heterocycles. The molecule has 22 nitrogen and oxygen atoms in total. The van der Waals surface area contributed by atoms with Crippen LogP contribution in [0.3, 0.4) is 0 Å². The predicted octanol–water partition coefficient (Wildman–Crippen LogP) is -6.80. The number of pyridine rings is 1. The van der Waals surface area contributed by atoms with Gasteiger partial charge in [0.25, 0.3) is 0 Å². The van der Waals surface area contributed by atoms with Crippen LogP contribution >= 0.6 is 0 Å². The van der Waals surface area contributed by atoms with Gasteiger partial charge < -0.3 is 76.8 Å². The van der Waals surface area contributed by atoms with Gasteiger partial charge in [-0.05, 0) is 32.0 Å². The summed E-state index contributed by atoms with van der Waals surface area (Å²) in [7, 11) is 1.76. The number of carboxylic acid groups (broad SMARTS) is 2. The molecule has 327 valence electrons. The minimum Gasteiger partial charge on any atom is -0.480 e. The van der Waals surface area contributed by atoms with Gasteiger partial charge in [0, 0.05) is 82.3 Å². The summed E-state index contributed by atoms with van der Waals surface area (Å²) in [5.74, 6) is -3.71. The number of amides is 2. The molecule has 0 unspecified atom stereocenters. The topological polar surface area (TPSA) is 358 Å². The molecule has 2 amide bonds. The van der Waals surface area contributed by atoms with E-state index in [0.29, 0.717) is 24.5 Å². The third kappa shape index (κ3) is 17.4. The van der Waals surface area contributed by atoms with Crippen LogP contribution in [0.2, 0.25) is 0 Å². The summed E-state index contributed by atoms with van der Waals surface area (Å²) < 4.78 is 0. The van der Waals surface area contributed by atoms with Crippen LogP contribution in [0.4, 0.5) is 0 Å². The smallest absolute Gasteiger partial charge is 0.320 e. The van der Waals surface area contributed by atoms with E-state index in [1.54, 1.807) is 35.0 Å². The number of fused-ring (bicyclic) bond motifs is 2. The Hall–Kier alpha value is -2.97. The fourth-order valence-corrected chi connectivity index (χ4v) is 5.96. The van der Waals surface area contributed by atoms with E-state index >= 15 is 0 Å². The van der Waals surface area contributed by atoms with E-state index in [9.17, 15) is 70.2 Å². The van der Waals surface area contributed by atoms with Crippen LogP contribution in [0, 0.1) is 0 Å². The number of nitrogens with zero attached hydrogens (tertiary/aromatic N) is 4. The molecule has 0 fully saturated rings. The second-order valence-electron chi connectivity index (χ2n) is 13.9. The summed E-state index contributed by atoms with van der Waals surface area (Å²) in [6.45, 7) is -1.62. The van der Waals surface area contributed by atoms with Gasteiger partial charge >= 0.3 is 11.9 Å². The van der Waals surface area contributed by atoms with Crippen LogP contribution in [0.15, 0.2) is 18.2 Å². The molecule has 10 atom stereocenters. The average Bonchev–Trinajstić information content (AvgIpc) is 3.17. The van der Waals surface area contributed by atoms with Gasteiger partial charge in [-0.25, -0.2) is 0 Å². The molecule has 0 spiro atoms. The summed E-state index contributed by atoms with van der Waals surface area (Å²) >= 11 is 0. The molecule has 2 heterocycles. The number of nitrogens with one attached hydrogen (secondary N) is 2. The molecular formula is C34H58MnN6O16. The minimum absolute atomic E-state index is 0. The standard InChI is InChI=1S/C34H58N6O16.Mn/c1-38-9-11-39(21(33(53)54)5-7-27(47)35-13-23(43)29(49)31(51)25(45)17-41)15-19-3-2-4-20(37-19)16-40(12-10-38)22(34(55)56)6-8-28(48)36-14-24(44)30(50)32(52)26(46)18-42;/h2-4,21-26,29-32,41-46,49-52H,5-18H2,1H3,(H,35,47)(H,36,48)(H,53,54)(H,55,56);/t21-,22-,23-,24-,25+,26+,29+,30+,31+,32+;/m0./s1. The first-order valence-electron chi connectivity index (χ1n) is 18.2. The summed E-state index contributed by atoms with van der Waals surface area (Å²) in [6, 6.07) is 2.72. The quantitative estimate of drug-likeness (QED) is 0.0482. The van der Waals surface area contributed by atoms with Gasteiger partial charge in [-0.1, -0.05) is 6.07 Å². The van der Waals surface area contributed by atoms with Crippen LogP contribution in [-0.4, -0.2) is 225 Å². The number of hydrogen-bond acceptors (Lipinski definition) is 18. The Balaban J connectivity index is 0.0000162. The predicted molar refractivity (Wildman–Crippen MR) is 192 cm³/mol. The third-order valence-corrected chi connectivity index (χ3v) is 9.54. The molecule has 1 aromatic rings. The molecule has 0 saturated heterocycles. The Kier molecular flexibility index (Phi) is 23.9. The Morgan fingerprint density at radius 2 is 0.982 bits per heavy atom. The number of aliphatic hydroxyl groups excluding tert-OH is 10. The van der Waals surface area contributed by atoms with Gasteiger partial charge in [-0.15, -0.1) is 0 Å². The minimum atomic E-state index is -1.88. The van der Waals surface area contributed by atoms with Crippen molar-refractivity contribution in [1.29, 1.82) is 0 Å². The number of carboxylic acids is 2. The zero-order chi connectivity index (χ0) is 42.1. The van der Waals surface area contributed by atoms with Crippen molar-refractivity contribution in [3.8, 4) is 0 Å². The molecule has 1 aliphatic heterocycles. The first-order valence-corrected chi connectivity index (χ1v) is 18.2. The monoisotopic (exact) mass is 861 g/mol. The second kappa shape index (κ2) is 26.2. The molecular weight excluding hydrogens is 803 g/mol. The summed E-state index contributed by atoms with van der Waals surface area (Å²) in [5.41, 5.74) is 0.927. The fraction of sp³-hybridized carbons (Fsp3) is 0.735. The van der Waals surface area contributed by atoms with Crippen LogP contribution in [0.1, 0.15) is 37.1 Å². The maximum atomic E-state index is 12.6. The van der Waals surface area contributed by atoms with Gasteiger partial charge in [-0.3, -0.25) is 34.0 Å². The zero-order valence-corrected chi connectivity index (χ0v) is 32.8. The van der Waals surface area contributed by atoms with E-state index in [1.807, 2.05) is 4.90 Å². The summed E-state index contributed by atoms with van der Waals surface area (Å²) in [5, 5.41) is 122. The van der Waals surface area contributed by atoms with E-state index < -0.39 is 111 Å². The molecule has 2 bridgehead atoms. The molecule has 0 saturated carbocycles. The zero-order valence-electron chi connectivity index (χ0n) is 31.6. The molecule has 14 N–H and O–H groups in total. The number of likely N-dealkylation sites (N-methyl/N-ethyl adjacent to an activating group) is 1. The summed E-state index contributed by atoms with van der Waals surface area (Å²) in [4.78, 5) is 60.0. The fourth-order valence-electron chi connectivity index (χ4n) is 5.96. The number of aliphatic carboxylic acids is 2.